The Labute approximate surface area is 398 Å². The zero-order chi connectivity index (χ0) is 48.1. The number of alkyl carbamates (subject to hydrolysis) is 2. The van der Waals surface area contributed by atoms with Crippen molar-refractivity contribution in [2.75, 3.05) is 27.3 Å². The van der Waals surface area contributed by atoms with Crippen molar-refractivity contribution in [3.05, 3.63) is 76.6 Å². The smallest absolute Gasteiger partial charge is 0.407 e. The van der Waals surface area contributed by atoms with Gasteiger partial charge in [-0.25, -0.2) is 19.0 Å². The Morgan fingerprint density at radius 1 is 0.779 bits per heavy atom. The minimum absolute atomic E-state index is 0.0905. The molecule has 5 aliphatic rings. The van der Waals surface area contributed by atoms with Crippen LogP contribution in [0.15, 0.2) is 58.8 Å². The molecule has 358 valence electrons. The Balaban J connectivity index is 0.981. The predicted octanol–water partition coefficient (Wildman–Crippen LogP) is 8.48. The minimum Gasteiger partial charge on any atom is -0.462 e. The van der Waals surface area contributed by atoms with Crippen LogP contribution < -0.4 is 15.4 Å². The summed E-state index contributed by atoms with van der Waals surface area (Å²) in [5, 5.41) is 6.94. The lowest BCUT2D eigenvalue weighted by atomic mass is 9.95. The molecule has 1 unspecified atom stereocenters. The third kappa shape index (κ3) is 8.66. The number of carbonyl (C=O) groups excluding carboxylic acids is 4. The van der Waals surface area contributed by atoms with Gasteiger partial charge in [0.05, 0.1) is 43.1 Å². The van der Waals surface area contributed by atoms with E-state index in [0.29, 0.717) is 59.3 Å². The normalized spacial score (nSPS) is 20.7. The number of nitrogens with zero attached hydrogens (tertiary/aromatic N) is 7. The van der Waals surface area contributed by atoms with Crippen molar-refractivity contribution in [1.82, 2.24) is 34.4 Å². The highest BCUT2D eigenvalue weighted by atomic mass is 32.1. The average Bonchev–Trinajstić information content (AvgIpc) is 4.18. The van der Waals surface area contributed by atoms with Crippen LogP contribution in [0.4, 0.5) is 14.0 Å². The minimum atomic E-state index is -0.750. The molecule has 0 saturated carbocycles. The Morgan fingerprint density at radius 2 is 1.35 bits per heavy atom. The van der Waals surface area contributed by atoms with Crippen LogP contribution >= 0.6 is 11.5 Å². The van der Waals surface area contributed by atoms with E-state index in [-0.39, 0.29) is 41.7 Å². The number of ether oxygens (including phenoxy) is 3. The van der Waals surface area contributed by atoms with Crippen LogP contribution in [0.3, 0.4) is 0 Å². The van der Waals surface area contributed by atoms with Gasteiger partial charge in [0.1, 0.15) is 29.5 Å². The number of fused-ring (bicyclic) bond motifs is 5. The lowest BCUT2D eigenvalue weighted by Crippen LogP contribution is -2.53. The zero-order valence-corrected chi connectivity index (χ0v) is 40.5. The first-order valence-corrected chi connectivity index (χ1v) is 24.2. The zero-order valence-electron chi connectivity index (χ0n) is 39.7. The molecule has 0 radical (unpaired) electrons. The fourth-order valence-electron chi connectivity index (χ4n) is 10.1. The number of methoxy groups -OCH3 is 2. The number of likely N-dealkylation sites (tertiary alicyclic amines) is 2. The van der Waals surface area contributed by atoms with Crippen molar-refractivity contribution in [2.24, 2.45) is 21.8 Å². The second kappa shape index (κ2) is 18.9. The van der Waals surface area contributed by atoms with Crippen molar-refractivity contribution in [3.63, 3.8) is 0 Å². The lowest BCUT2D eigenvalue weighted by molar-refractivity contribution is -0.134. The molecular weight excluding hydrogens is 890 g/mol. The Morgan fingerprint density at radius 3 is 1.88 bits per heavy atom. The fourth-order valence-corrected chi connectivity index (χ4v) is 10.9. The molecule has 68 heavy (non-hydrogen) atoms. The second-order valence-corrected chi connectivity index (χ2v) is 19.9. The largest absolute Gasteiger partial charge is 0.462 e. The molecule has 0 bridgehead atoms. The first kappa shape index (κ1) is 46.7. The molecule has 2 aromatic carbocycles. The van der Waals surface area contributed by atoms with E-state index in [2.05, 4.69) is 21.1 Å². The van der Waals surface area contributed by atoms with Crippen LogP contribution in [-0.4, -0.2) is 111 Å². The van der Waals surface area contributed by atoms with E-state index >= 15 is 4.39 Å². The Bertz CT molecular complexity index is 2810. The third-order valence-electron chi connectivity index (χ3n) is 13.7. The molecule has 2 aromatic heterocycles. The van der Waals surface area contributed by atoms with Gasteiger partial charge >= 0.3 is 12.2 Å². The van der Waals surface area contributed by atoms with Crippen molar-refractivity contribution < 1.29 is 37.8 Å². The number of benzene rings is 2. The third-order valence-corrected chi connectivity index (χ3v) is 14.4. The first-order chi connectivity index (χ1) is 32.6. The van der Waals surface area contributed by atoms with Gasteiger partial charge in [-0.3, -0.25) is 24.1 Å². The standard InChI is InChI=1S/C50H58FN9O7S/c1-25(2)42(54-49(63)65-7)46(61)58-15-9-11-37(58)34-19-31(23-52-34)28-13-14-36-30(17-28)21-39-41-33(51)18-29(22-40(41)67-48(60(36)39)45-56-44(27(5)6)57-68-45)32-20-35(53-24-32)38-12-10-16-59(38)47(62)43(26(3)4)55-50(64)66-8/h13-14,17-18,21-27,37-38,42-43,48H,9-12,15-16,19-20H2,1-8H3,(H,54,63)(H,55,64)/t37-,38-,42-,43-,48?/m0/s1. The summed E-state index contributed by atoms with van der Waals surface area (Å²) < 4.78 is 40.0. The number of amides is 4. The van der Waals surface area contributed by atoms with Crippen LogP contribution in [0.5, 0.6) is 5.75 Å². The highest BCUT2D eigenvalue weighted by molar-refractivity contribution is 7.05. The maximum Gasteiger partial charge on any atom is 0.407 e. The van der Waals surface area contributed by atoms with Gasteiger partial charge in [0.25, 0.3) is 0 Å². The number of carbonyl (C=O) groups is 4. The van der Waals surface area contributed by atoms with Gasteiger partial charge in [0.2, 0.25) is 18.0 Å². The summed E-state index contributed by atoms with van der Waals surface area (Å²) >= 11 is 1.27. The quantitative estimate of drug-likeness (QED) is 0.141. The summed E-state index contributed by atoms with van der Waals surface area (Å²) in [5.74, 6) is 0.0867. The molecule has 18 heteroatoms. The van der Waals surface area contributed by atoms with Crippen molar-refractivity contribution in [2.45, 2.75) is 116 Å². The molecule has 2 saturated heterocycles. The summed E-state index contributed by atoms with van der Waals surface area (Å²) in [5.41, 5.74) is 6.91. The fraction of sp³-hybridized carbons (Fsp3) is 0.480. The van der Waals surface area contributed by atoms with E-state index in [9.17, 15) is 19.2 Å². The lowest BCUT2D eigenvalue weighted by Gasteiger charge is -2.31. The van der Waals surface area contributed by atoms with Crippen molar-refractivity contribution in [1.29, 1.82) is 0 Å². The van der Waals surface area contributed by atoms with Gasteiger partial charge in [-0.15, -0.1) is 0 Å². The highest BCUT2D eigenvalue weighted by Gasteiger charge is 2.41. The topological polar surface area (TPSA) is 182 Å². The maximum atomic E-state index is 16.9. The highest BCUT2D eigenvalue weighted by Crippen LogP contribution is 2.48. The molecule has 4 amide bonds. The van der Waals surface area contributed by atoms with Crippen LogP contribution in [-0.2, 0) is 19.1 Å². The van der Waals surface area contributed by atoms with Gasteiger partial charge in [0.15, 0.2) is 5.01 Å². The van der Waals surface area contributed by atoms with E-state index in [1.54, 1.807) is 11.1 Å². The molecule has 5 aliphatic heterocycles. The number of aliphatic imine (C=N–C) groups is 2. The molecule has 2 N–H and O–H groups in total. The van der Waals surface area contributed by atoms with Crippen molar-refractivity contribution in [3.8, 4) is 17.0 Å². The van der Waals surface area contributed by atoms with E-state index in [1.807, 2.05) is 81.5 Å². The maximum absolute atomic E-state index is 16.9. The number of halogens is 1. The number of hydrogen-bond donors (Lipinski definition) is 2. The van der Waals surface area contributed by atoms with Gasteiger partial charge in [-0.05, 0) is 102 Å². The molecule has 9 rings (SSSR count). The van der Waals surface area contributed by atoms with Gasteiger partial charge in [-0.2, -0.15) is 4.37 Å². The molecule has 4 aromatic rings. The monoisotopic (exact) mass is 947 g/mol. The average molecular weight is 948 g/mol. The van der Waals surface area contributed by atoms with Crippen LogP contribution in [0.2, 0.25) is 0 Å². The van der Waals surface area contributed by atoms with Crippen LogP contribution in [0.25, 0.3) is 33.3 Å². The van der Waals surface area contributed by atoms with E-state index < -0.39 is 36.3 Å². The number of allylic oxidation sites excluding steroid dienone is 2. The van der Waals surface area contributed by atoms with E-state index in [4.69, 9.17) is 29.2 Å². The van der Waals surface area contributed by atoms with Gasteiger partial charge in [0, 0.05) is 61.1 Å². The number of aromatic nitrogens is 3. The second-order valence-electron chi connectivity index (χ2n) is 19.1. The first-order valence-electron chi connectivity index (χ1n) is 23.5. The Hall–Kier alpha value is -6.43. The van der Waals surface area contributed by atoms with E-state index in [0.717, 1.165) is 64.7 Å². The number of nitrogens with one attached hydrogen (secondary N) is 2. The van der Waals surface area contributed by atoms with Crippen LogP contribution in [0, 0.1) is 17.7 Å². The summed E-state index contributed by atoms with van der Waals surface area (Å²) in [4.78, 5) is 70.1. The summed E-state index contributed by atoms with van der Waals surface area (Å²) in [6, 6.07) is 9.64. The SMILES string of the molecule is COC(=O)N[C@H](C(=O)N1CCC[C@H]1C1=NC=C(c2cc(F)c3c(c2)OC(c2nc(C(C)C)ns2)n2c-3cc3cc(C4=CN=C([C@@H]5CCCN5C(=O)[C@@H](NC(=O)OC)C(C)C)C4)ccc32)C1)C(C)C. The Kier molecular flexibility index (Phi) is 13.0. The molecule has 0 spiro atoms. The molecule has 7 heterocycles. The van der Waals surface area contributed by atoms with E-state index in [1.165, 1.54) is 31.8 Å². The molecule has 16 nitrogen and oxygen atoms in total. The predicted molar refractivity (Wildman–Crippen MR) is 258 cm³/mol. The molecule has 5 atom stereocenters. The van der Waals surface area contributed by atoms with Crippen molar-refractivity contribution >= 4 is 69.0 Å². The van der Waals surface area contributed by atoms with Gasteiger partial charge in [-0.1, -0.05) is 47.6 Å². The summed E-state index contributed by atoms with van der Waals surface area (Å²) in [7, 11) is 2.56. The number of hydrogen-bond acceptors (Lipinski definition) is 12. The summed E-state index contributed by atoms with van der Waals surface area (Å²) in [6.07, 6.45) is 5.70. The number of rotatable bonds is 12. The van der Waals surface area contributed by atoms with Gasteiger partial charge < -0.3 is 34.6 Å². The van der Waals surface area contributed by atoms with Crippen LogP contribution in [0.1, 0.15) is 114 Å². The molecular formula is C50H58FN9O7S. The molecule has 2 fully saturated rings. The summed E-state index contributed by atoms with van der Waals surface area (Å²) in [6.45, 7) is 12.8. The molecule has 0 aliphatic carbocycles.